The second-order valence-corrected chi connectivity index (χ2v) is 6.67. The van der Waals surface area contributed by atoms with Gasteiger partial charge in [-0.3, -0.25) is 9.59 Å². The first-order valence-corrected chi connectivity index (χ1v) is 8.94. The highest BCUT2D eigenvalue weighted by Crippen LogP contribution is 2.29. The van der Waals surface area contributed by atoms with E-state index in [-0.39, 0.29) is 30.0 Å². The Morgan fingerprint density at radius 3 is 2.37 bits per heavy atom. The van der Waals surface area contributed by atoms with Gasteiger partial charge in [0.1, 0.15) is 0 Å². The van der Waals surface area contributed by atoms with E-state index >= 15 is 0 Å². The third-order valence-corrected chi connectivity index (χ3v) is 4.68. The van der Waals surface area contributed by atoms with E-state index < -0.39 is 5.82 Å². The summed E-state index contributed by atoms with van der Waals surface area (Å²) < 4.78 is 18.8. The number of carbonyl (C=O) groups excluding carboxylic acids is 2. The van der Waals surface area contributed by atoms with Gasteiger partial charge in [-0.05, 0) is 48.2 Å². The smallest absolute Gasteiger partial charge is 0.251 e. The lowest BCUT2D eigenvalue weighted by atomic mass is 10.1. The van der Waals surface area contributed by atoms with Crippen molar-refractivity contribution in [1.82, 2.24) is 10.2 Å². The molecule has 2 amide bonds. The first kappa shape index (κ1) is 18.9. The number of halogens is 1. The molecule has 0 radical (unpaired) electrons. The first-order valence-electron chi connectivity index (χ1n) is 8.94. The standard InChI is InChI=1S/C21H23FN2O3/c1-23-21(26)16-6-3-14(4-7-16)13-24(17-8-9-17)20(25)12-15-5-10-19(27-2)18(22)11-15/h3-7,10-11,17H,8-9,12-13H2,1-2H3,(H,23,26). The summed E-state index contributed by atoms with van der Waals surface area (Å²) in [5.74, 6) is -0.470. The molecule has 0 heterocycles. The van der Waals surface area contributed by atoms with Crippen LogP contribution in [-0.4, -0.2) is 36.9 Å². The number of nitrogens with zero attached hydrogens (tertiary/aromatic N) is 1. The van der Waals surface area contributed by atoms with E-state index in [9.17, 15) is 14.0 Å². The third kappa shape index (κ3) is 4.64. The van der Waals surface area contributed by atoms with Crippen LogP contribution < -0.4 is 10.1 Å². The number of benzene rings is 2. The van der Waals surface area contributed by atoms with Crippen molar-refractivity contribution in [3.05, 3.63) is 65.0 Å². The average molecular weight is 370 g/mol. The van der Waals surface area contributed by atoms with Crippen LogP contribution in [0.15, 0.2) is 42.5 Å². The average Bonchev–Trinajstić information content (AvgIpc) is 3.51. The highest BCUT2D eigenvalue weighted by molar-refractivity contribution is 5.93. The monoisotopic (exact) mass is 370 g/mol. The molecule has 3 rings (SSSR count). The topological polar surface area (TPSA) is 58.6 Å². The molecule has 1 saturated carbocycles. The van der Waals surface area contributed by atoms with Crippen LogP contribution in [0.2, 0.25) is 0 Å². The van der Waals surface area contributed by atoms with Gasteiger partial charge in [0.2, 0.25) is 5.91 Å². The van der Waals surface area contributed by atoms with E-state index in [1.165, 1.54) is 19.2 Å². The minimum absolute atomic E-state index is 0.0301. The zero-order chi connectivity index (χ0) is 19.4. The maximum Gasteiger partial charge on any atom is 0.251 e. The Morgan fingerprint density at radius 2 is 1.81 bits per heavy atom. The minimum atomic E-state index is -0.467. The van der Waals surface area contributed by atoms with Gasteiger partial charge in [0.15, 0.2) is 11.6 Å². The number of hydrogen-bond donors (Lipinski definition) is 1. The molecule has 0 bridgehead atoms. The van der Waals surface area contributed by atoms with Crippen LogP contribution in [0.3, 0.4) is 0 Å². The molecule has 1 aliphatic rings. The molecule has 0 aromatic heterocycles. The van der Waals surface area contributed by atoms with Crippen molar-refractivity contribution >= 4 is 11.8 Å². The van der Waals surface area contributed by atoms with Crippen molar-refractivity contribution in [2.45, 2.75) is 31.8 Å². The quantitative estimate of drug-likeness (QED) is 0.815. The second-order valence-electron chi connectivity index (χ2n) is 6.67. The van der Waals surface area contributed by atoms with E-state index in [1.807, 2.05) is 17.0 Å². The first-order chi connectivity index (χ1) is 13.0. The lowest BCUT2D eigenvalue weighted by molar-refractivity contribution is -0.131. The van der Waals surface area contributed by atoms with Crippen LogP contribution in [0.1, 0.15) is 34.3 Å². The molecule has 1 N–H and O–H groups in total. The summed E-state index contributed by atoms with van der Waals surface area (Å²) in [6.45, 7) is 0.482. The van der Waals surface area contributed by atoms with Crippen LogP contribution >= 0.6 is 0 Å². The van der Waals surface area contributed by atoms with Crippen molar-refractivity contribution in [3.63, 3.8) is 0 Å². The number of ether oxygens (including phenoxy) is 1. The Hall–Kier alpha value is -2.89. The zero-order valence-corrected chi connectivity index (χ0v) is 15.5. The fraction of sp³-hybridized carbons (Fsp3) is 0.333. The van der Waals surface area contributed by atoms with Crippen LogP contribution in [0.5, 0.6) is 5.75 Å². The van der Waals surface area contributed by atoms with Crippen LogP contribution in [0.25, 0.3) is 0 Å². The maximum atomic E-state index is 13.9. The number of nitrogens with one attached hydrogen (secondary N) is 1. The normalized spacial score (nSPS) is 13.1. The van der Waals surface area contributed by atoms with E-state index in [4.69, 9.17) is 4.74 Å². The van der Waals surface area contributed by atoms with Crippen LogP contribution in [0.4, 0.5) is 4.39 Å². The van der Waals surface area contributed by atoms with Gasteiger partial charge in [-0.2, -0.15) is 0 Å². The summed E-state index contributed by atoms with van der Waals surface area (Å²) in [6.07, 6.45) is 2.12. The molecular weight excluding hydrogens is 347 g/mol. The fourth-order valence-corrected chi connectivity index (χ4v) is 3.01. The molecule has 6 heteroatoms. The van der Waals surface area contributed by atoms with Gasteiger partial charge in [0, 0.05) is 25.2 Å². The SMILES string of the molecule is CNC(=O)c1ccc(CN(C(=O)Cc2ccc(OC)c(F)c2)C2CC2)cc1. The predicted molar refractivity (Wildman–Crippen MR) is 100 cm³/mol. The summed E-state index contributed by atoms with van der Waals surface area (Å²) >= 11 is 0. The number of methoxy groups -OCH3 is 1. The van der Waals surface area contributed by atoms with E-state index in [2.05, 4.69) is 5.32 Å². The van der Waals surface area contributed by atoms with Gasteiger partial charge in [-0.15, -0.1) is 0 Å². The summed E-state index contributed by atoms with van der Waals surface area (Å²) in [5, 5.41) is 2.58. The molecule has 0 spiro atoms. The largest absolute Gasteiger partial charge is 0.494 e. The van der Waals surface area contributed by atoms with Crippen molar-refractivity contribution in [2.24, 2.45) is 0 Å². The molecule has 1 fully saturated rings. The van der Waals surface area contributed by atoms with Crippen molar-refractivity contribution in [2.75, 3.05) is 14.2 Å². The molecule has 1 aliphatic carbocycles. The summed E-state index contributed by atoms with van der Waals surface area (Å²) in [5.41, 5.74) is 2.17. The number of hydrogen-bond acceptors (Lipinski definition) is 3. The number of amides is 2. The van der Waals surface area contributed by atoms with Gasteiger partial charge in [-0.1, -0.05) is 18.2 Å². The molecule has 0 unspecified atom stereocenters. The Kier molecular flexibility index (Phi) is 5.74. The molecule has 2 aromatic carbocycles. The lowest BCUT2D eigenvalue weighted by Crippen LogP contribution is -2.33. The van der Waals surface area contributed by atoms with Crippen LogP contribution in [-0.2, 0) is 17.8 Å². The van der Waals surface area contributed by atoms with Crippen molar-refractivity contribution < 1.29 is 18.7 Å². The zero-order valence-electron chi connectivity index (χ0n) is 15.5. The molecule has 142 valence electrons. The highest BCUT2D eigenvalue weighted by atomic mass is 19.1. The summed E-state index contributed by atoms with van der Waals surface area (Å²) in [4.78, 5) is 26.3. The Morgan fingerprint density at radius 1 is 1.15 bits per heavy atom. The van der Waals surface area contributed by atoms with E-state index in [0.717, 1.165) is 18.4 Å². The molecule has 5 nitrogen and oxygen atoms in total. The lowest BCUT2D eigenvalue weighted by Gasteiger charge is -2.23. The van der Waals surface area contributed by atoms with Gasteiger partial charge in [0.05, 0.1) is 13.5 Å². The molecule has 0 saturated heterocycles. The molecule has 0 atom stereocenters. The van der Waals surface area contributed by atoms with Gasteiger partial charge >= 0.3 is 0 Å². The Bertz CT molecular complexity index is 832. The van der Waals surface area contributed by atoms with Crippen LogP contribution in [0, 0.1) is 5.82 Å². The minimum Gasteiger partial charge on any atom is -0.494 e. The fourth-order valence-electron chi connectivity index (χ4n) is 3.01. The second kappa shape index (κ2) is 8.20. The molecular formula is C21H23FN2O3. The van der Waals surface area contributed by atoms with Crippen molar-refractivity contribution in [3.8, 4) is 5.75 Å². The maximum absolute atomic E-state index is 13.9. The van der Waals surface area contributed by atoms with Gasteiger partial charge in [0.25, 0.3) is 5.91 Å². The molecule has 2 aromatic rings. The summed E-state index contributed by atoms with van der Waals surface area (Å²) in [6, 6.07) is 12.1. The Balaban J connectivity index is 1.69. The number of carbonyl (C=O) groups is 2. The van der Waals surface area contributed by atoms with Crippen molar-refractivity contribution in [1.29, 1.82) is 0 Å². The van der Waals surface area contributed by atoms with Gasteiger partial charge < -0.3 is 15.0 Å². The number of rotatable bonds is 7. The van der Waals surface area contributed by atoms with Gasteiger partial charge in [-0.25, -0.2) is 4.39 Å². The third-order valence-electron chi connectivity index (χ3n) is 4.68. The predicted octanol–water partition coefficient (Wildman–Crippen LogP) is 2.93. The van der Waals surface area contributed by atoms with E-state index in [1.54, 1.807) is 25.2 Å². The molecule has 0 aliphatic heterocycles. The molecule has 27 heavy (non-hydrogen) atoms. The summed E-state index contributed by atoms with van der Waals surface area (Å²) in [7, 11) is 3.00. The Labute approximate surface area is 158 Å². The van der Waals surface area contributed by atoms with E-state index in [0.29, 0.717) is 17.7 Å². The highest BCUT2D eigenvalue weighted by Gasteiger charge is 2.32.